The Bertz CT molecular complexity index is 960. The number of halogens is 1. The van der Waals surface area contributed by atoms with E-state index in [0.717, 1.165) is 32.1 Å². The molecule has 4 rings (SSSR count). The Morgan fingerprint density at radius 2 is 1.97 bits per heavy atom. The van der Waals surface area contributed by atoms with E-state index in [2.05, 4.69) is 0 Å². The van der Waals surface area contributed by atoms with Gasteiger partial charge in [0.1, 0.15) is 23.3 Å². The van der Waals surface area contributed by atoms with E-state index in [0.29, 0.717) is 22.1 Å². The number of rotatable bonds is 4. The Morgan fingerprint density at radius 3 is 2.62 bits per heavy atom. The Balaban J connectivity index is 1.85. The third kappa shape index (κ3) is 3.42. The van der Waals surface area contributed by atoms with E-state index >= 15 is 0 Å². The lowest BCUT2D eigenvalue weighted by atomic mass is 9.92. The second kappa shape index (κ2) is 7.95. The topological polar surface area (TPSA) is 80.0 Å². The number of aliphatic hydroxyl groups excluding tert-OH is 1. The largest absolute Gasteiger partial charge is 0.507 e. The van der Waals surface area contributed by atoms with Gasteiger partial charge in [0.05, 0.1) is 24.0 Å². The third-order valence-electron chi connectivity index (χ3n) is 5.69. The van der Waals surface area contributed by atoms with Gasteiger partial charge >= 0.3 is 0 Å². The second-order valence-corrected chi connectivity index (χ2v) is 7.77. The zero-order valence-corrected chi connectivity index (χ0v) is 16.8. The van der Waals surface area contributed by atoms with Gasteiger partial charge in [0.25, 0.3) is 11.7 Å². The summed E-state index contributed by atoms with van der Waals surface area (Å²) in [5.41, 5.74) is 0.379. The molecule has 2 aliphatic rings. The summed E-state index contributed by atoms with van der Waals surface area (Å²) in [6.45, 7) is 0. The molecule has 6 nitrogen and oxygen atoms in total. The molecule has 2 heterocycles. The Morgan fingerprint density at radius 1 is 1.21 bits per heavy atom. The molecular formula is C22H22ClNO5. The summed E-state index contributed by atoms with van der Waals surface area (Å²) in [6, 6.07) is 7.34. The molecule has 1 aromatic carbocycles. The van der Waals surface area contributed by atoms with Crippen LogP contribution >= 0.6 is 11.6 Å². The number of nitrogens with zero attached hydrogens (tertiary/aromatic N) is 1. The highest BCUT2D eigenvalue weighted by atomic mass is 35.5. The molecule has 0 spiro atoms. The number of hydrogen-bond donors (Lipinski definition) is 1. The predicted octanol–water partition coefficient (Wildman–Crippen LogP) is 4.70. The fraction of sp³-hybridized carbons (Fsp3) is 0.364. The molecule has 0 radical (unpaired) electrons. The second-order valence-electron chi connectivity index (χ2n) is 7.36. The van der Waals surface area contributed by atoms with Crippen molar-refractivity contribution in [3.8, 4) is 5.75 Å². The Hall–Kier alpha value is -2.73. The molecule has 1 unspecified atom stereocenters. The minimum atomic E-state index is -0.755. The van der Waals surface area contributed by atoms with Gasteiger partial charge in [-0.25, -0.2) is 0 Å². The summed E-state index contributed by atoms with van der Waals surface area (Å²) in [7, 11) is 1.47. The van der Waals surface area contributed by atoms with Gasteiger partial charge in [0.2, 0.25) is 0 Å². The molecule has 1 aliphatic carbocycles. The van der Waals surface area contributed by atoms with Crippen LogP contribution < -0.4 is 4.74 Å². The molecule has 1 N–H and O–H groups in total. The van der Waals surface area contributed by atoms with Crippen LogP contribution in [0.5, 0.6) is 5.75 Å². The van der Waals surface area contributed by atoms with Crippen molar-refractivity contribution >= 4 is 29.1 Å². The normalized spacial score (nSPS) is 22.3. The lowest BCUT2D eigenvalue weighted by Crippen LogP contribution is -2.40. The predicted molar refractivity (Wildman–Crippen MR) is 108 cm³/mol. The molecule has 7 heteroatoms. The minimum absolute atomic E-state index is 0.0277. The van der Waals surface area contributed by atoms with Crippen molar-refractivity contribution in [3.63, 3.8) is 0 Å². The van der Waals surface area contributed by atoms with Crippen molar-refractivity contribution in [1.82, 2.24) is 4.90 Å². The summed E-state index contributed by atoms with van der Waals surface area (Å²) in [6.07, 6.45) is 6.30. The van der Waals surface area contributed by atoms with E-state index in [-0.39, 0.29) is 17.4 Å². The van der Waals surface area contributed by atoms with E-state index in [1.54, 1.807) is 35.2 Å². The molecule has 1 amide bonds. The number of Topliss-reactive ketones (excluding diaryl/α,β-unsaturated/α-hetero) is 1. The maximum absolute atomic E-state index is 13.0. The summed E-state index contributed by atoms with van der Waals surface area (Å²) >= 11 is 6.08. The van der Waals surface area contributed by atoms with E-state index < -0.39 is 17.7 Å². The van der Waals surface area contributed by atoms with Gasteiger partial charge in [0.15, 0.2) is 0 Å². The van der Waals surface area contributed by atoms with Crippen LogP contribution in [0.1, 0.15) is 49.5 Å². The van der Waals surface area contributed by atoms with Crippen molar-refractivity contribution in [3.05, 3.63) is 58.5 Å². The van der Waals surface area contributed by atoms with E-state index in [4.69, 9.17) is 20.8 Å². The molecule has 1 aromatic heterocycles. The van der Waals surface area contributed by atoms with Crippen LogP contribution in [0.3, 0.4) is 0 Å². The molecule has 2 aromatic rings. The first-order valence-electron chi connectivity index (χ1n) is 9.70. The first kappa shape index (κ1) is 19.6. The van der Waals surface area contributed by atoms with Crippen molar-refractivity contribution in [2.45, 2.75) is 44.2 Å². The van der Waals surface area contributed by atoms with Crippen molar-refractivity contribution in [1.29, 1.82) is 0 Å². The quantitative estimate of drug-likeness (QED) is 0.445. The van der Waals surface area contributed by atoms with Crippen molar-refractivity contribution < 1.29 is 23.8 Å². The number of hydrogen-bond acceptors (Lipinski definition) is 5. The van der Waals surface area contributed by atoms with Crippen LogP contribution in [0.15, 0.2) is 46.6 Å². The highest BCUT2D eigenvalue weighted by molar-refractivity contribution is 6.46. The standard InChI is InChI=1S/C22H22ClNO5/c1-28-17-12-13(9-10-15(17)23)20(25)18-19(16-8-5-11-29-16)24(22(27)21(18)26)14-6-3-2-4-7-14/h5,8-12,14,19,25H,2-4,6-7H2,1H3/b20-18-. The average Bonchev–Trinajstić information content (AvgIpc) is 3.36. The number of ether oxygens (including phenoxy) is 1. The molecular weight excluding hydrogens is 394 g/mol. The number of ketones is 1. The van der Waals surface area contributed by atoms with Gasteiger partial charge in [-0.1, -0.05) is 30.9 Å². The summed E-state index contributed by atoms with van der Waals surface area (Å²) in [5.74, 6) is -0.744. The van der Waals surface area contributed by atoms with E-state index in [1.165, 1.54) is 13.4 Å². The molecule has 0 bridgehead atoms. The lowest BCUT2D eigenvalue weighted by Gasteiger charge is -2.34. The smallest absolute Gasteiger partial charge is 0.296 e. The highest BCUT2D eigenvalue weighted by Gasteiger charge is 2.50. The average molecular weight is 416 g/mol. The lowest BCUT2D eigenvalue weighted by molar-refractivity contribution is -0.142. The van der Waals surface area contributed by atoms with Crippen LogP contribution in [0.25, 0.3) is 5.76 Å². The zero-order chi connectivity index (χ0) is 20.5. The van der Waals surface area contributed by atoms with Crippen LogP contribution in [-0.2, 0) is 9.59 Å². The number of furan rings is 1. The molecule has 2 fully saturated rings. The van der Waals surface area contributed by atoms with Gasteiger partial charge in [-0.3, -0.25) is 9.59 Å². The number of methoxy groups -OCH3 is 1. The number of likely N-dealkylation sites (tertiary alicyclic amines) is 1. The minimum Gasteiger partial charge on any atom is -0.507 e. The number of benzene rings is 1. The van der Waals surface area contributed by atoms with E-state index in [1.807, 2.05) is 0 Å². The Kier molecular flexibility index (Phi) is 5.37. The number of amides is 1. The first-order chi connectivity index (χ1) is 14.0. The van der Waals surface area contributed by atoms with E-state index in [9.17, 15) is 14.7 Å². The van der Waals surface area contributed by atoms with Gasteiger partial charge < -0.3 is 19.2 Å². The summed E-state index contributed by atoms with van der Waals surface area (Å²) in [5, 5.41) is 11.4. The van der Waals surface area contributed by atoms with Crippen LogP contribution in [0.4, 0.5) is 0 Å². The molecule has 1 saturated heterocycles. The summed E-state index contributed by atoms with van der Waals surface area (Å²) < 4.78 is 10.8. The van der Waals surface area contributed by atoms with Crippen LogP contribution in [0, 0.1) is 0 Å². The maximum Gasteiger partial charge on any atom is 0.296 e. The number of carbonyl (C=O) groups is 2. The fourth-order valence-corrected chi connectivity index (χ4v) is 4.47. The van der Waals surface area contributed by atoms with Crippen molar-refractivity contribution in [2.75, 3.05) is 7.11 Å². The van der Waals surface area contributed by atoms with Gasteiger partial charge in [-0.2, -0.15) is 0 Å². The van der Waals surface area contributed by atoms with Crippen LogP contribution in [-0.4, -0.2) is 34.8 Å². The molecule has 29 heavy (non-hydrogen) atoms. The first-order valence-corrected chi connectivity index (χ1v) is 10.1. The van der Waals surface area contributed by atoms with Gasteiger partial charge in [0, 0.05) is 11.6 Å². The highest BCUT2D eigenvalue weighted by Crippen LogP contribution is 2.43. The maximum atomic E-state index is 13.0. The van der Waals surface area contributed by atoms with Crippen LogP contribution in [0.2, 0.25) is 5.02 Å². The van der Waals surface area contributed by atoms with Crippen molar-refractivity contribution in [2.24, 2.45) is 0 Å². The zero-order valence-electron chi connectivity index (χ0n) is 16.1. The molecule has 152 valence electrons. The summed E-state index contributed by atoms with van der Waals surface area (Å²) in [4.78, 5) is 27.6. The fourth-order valence-electron chi connectivity index (χ4n) is 4.27. The molecule has 1 atom stereocenters. The number of aliphatic hydroxyl groups is 1. The monoisotopic (exact) mass is 415 g/mol. The number of carbonyl (C=O) groups excluding carboxylic acids is 2. The Labute approximate surface area is 173 Å². The third-order valence-corrected chi connectivity index (χ3v) is 6.00. The molecule has 1 aliphatic heterocycles. The van der Waals surface area contributed by atoms with Gasteiger partial charge in [-0.15, -0.1) is 0 Å². The van der Waals surface area contributed by atoms with Gasteiger partial charge in [-0.05, 0) is 43.2 Å². The SMILES string of the molecule is COc1cc(/C(O)=C2/C(=O)C(=O)N(C3CCCCC3)C2c2ccco2)ccc1Cl. The molecule has 1 saturated carbocycles.